The summed E-state index contributed by atoms with van der Waals surface area (Å²) in [6, 6.07) is 22.6. The molecule has 4 aromatic heterocycles. The fraction of sp³-hybridized carbons (Fsp3) is 0.534. The molecule has 0 atom stereocenters. The molecule has 4 N–H and O–H groups in total. The molecule has 8 aromatic rings. The minimum atomic E-state index is -4.42. The summed E-state index contributed by atoms with van der Waals surface area (Å²) in [5.41, 5.74) is 5.77. The predicted octanol–water partition coefficient (Wildman–Crippen LogP) is 16.0. The Bertz CT molecular complexity index is 5510. The lowest BCUT2D eigenvalue weighted by Gasteiger charge is -2.33. The van der Waals surface area contributed by atoms with Crippen LogP contribution in [0.3, 0.4) is 0 Å². The summed E-state index contributed by atoms with van der Waals surface area (Å²) in [5.74, 6) is -1.16. The number of rotatable bonds is 17. The molecule has 0 radical (unpaired) electrons. The number of nitrogens with one attached hydrogen (secondary N) is 4. The molecule has 8 aliphatic rings. The third-order valence-electron chi connectivity index (χ3n) is 24.8. The van der Waals surface area contributed by atoms with Crippen LogP contribution in [0.15, 0.2) is 97.1 Å². The molecule has 0 unspecified atom stereocenters. The average molecular weight is 1820 g/mol. The number of fused-ring (bicyclic) bond motifs is 4. The Labute approximate surface area is 729 Å². The van der Waals surface area contributed by atoms with Crippen molar-refractivity contribution in [1.29, 1.82) is 0 Å². The van der Waals surface area contributed by atoms with Crippen LogP contribution in [0.25, 0.3) is 0 Å². The molecule has 39 heteroatoms. The highest BCUT2D eigenvalue weighted by atomic mass is 32.2. The van der Waals surface area contributed by atoms with Gasteiger partial charge >= 0.3 is 24.7 Å². The van der Waals surface area contributed by atoms with Crippen LogP contribution >= 0.6 is 0 Å². The number of aromatic nitrogens is 8. The lowest BCUT2D eigenvalue weighted by Crippen LogP contribution is -2.39. The van der Waals surface area contributed by atoms with E-state index in [1.165, 1.54) is 51.1 Å². The topological polar surface area (TPSA) is 294 Å². The second-order valence-corrected chi connectivity index (χ2v) is 39.9. The van der Waals surface area contributed by atoms with E-state index in [2.05, 4.69) is 59.5 Å². The fourth-order valence-electron chi connectivity index (χ4n) is 18.4. The highest BCUT2D eigenvalue weighted by molar-refractivity contribution is 7.89. The van der Waals surface area contributed by atoms with Gasteiger partial charge in [0.15, 0.2) is 22.8 Å². The first-order valence-corrected chi connectivity index (χ1v) is 46.0. The van der Waals surface area contributed by atoms with E-state index in [4.69, 9.17) is 0 Å². The van der Waals surface area contributed by atoms with Crippen molar-refractivity contribution < 1.29 is 93.5 Å². The van der Waals surface area contributed by atoms with Crippen molar-refractivity contribution in [1.82, 2.24) is 78.8 Å². The zero-order valence-electron chi connectivity index (χ0n) is 71.8. The van der Waals surface area contributed by atoms with E-state index in [-0.39, 0.29) is 119 Å². The number of halogens is 12. The lowest BCUT2D eigenvalue weighted by atomic mass is 9.86. The Hall–Kier alpha value is -9.99. The maximum atomic E-state index is 13.4. The van der Waals surface area contributed by atoms with Crippen molar-refractivity contribution in [2.24, 2.45) is 17.8 Å². The molecule has 4 aromatic carbocycles. The molecule has 0 saturated carbocycles. The number of sulfonamides is 2. The number of H-pyrrole nitrogens is 4. The van der Waals surface area contributed by atoms with Crippen LogP contribution < -0.4 is 0 Å². The number of hydrogen-bond acceptors (Lipinski definition) is 14. The van der Waals surface area contributed by atoms with E-state index in [1.54, 1.807) is 68.7 Å². The fourth-order valence-corrected chi connectivity index (χ4v) is 21.3. The highest BCUT2D eigenvalue weighted by Gasteiger charge is 2.45. The Kier molecular flexibility index (Phi) is 28.6. The number of benzene rings is 4. The van der Waals surface area contributed by atoms with Gasteiger partial charge in [-0.25, -0.2) is 16.8 Å². The van der Waals surface area contributed by atoms with Crippen LogP contribution in [-0.4, -0.2) is 195 Å². The molecule has 4 saturated heterocycles. The Balaban J connectivity index is 0.000000145. The summed E-state index contributed by atoms with van der Waals surface area (Å²) in [4.78, 5) is 75.3. The molecule has 5 amide bonds. The van der Waals surface area contributed by atoms with Gasteiger partial charge in [0.2, 0.25) is 26.0 Å². The van der Waals surface area contributed by atoms with Crippen molar-refractivity contribution in [2.75, 3.05) is 64.7 Å². The number of alkyl halides is 12. The molecule has 12 heterocycles. The summed E-state index contributed by atoms with van der Waals surface area (Å²) < 4.78 is 213. The molecule has 8 aliphatic heterocycles. The second-order valence-electron chi connectivity index (χ2n) is 35.4. The third kappa shape index (κ3) is 21.5. The molecular formula is C88H106F12N16O9S2. The minimum Gasteiger partial charge on any atom is -0.337 e. The van der Waals surface area contributed by atoms with E-state index >= 15 is 0 Å². The maximum absolute atomic E-state index is 13.4. The van der Waals surface area contributed by atoms with Gasteiger partial charge in [-0.2, -0.15) is 81.7 Å². The zero-order valence-corrected chi connectivity index (χ0v) is 73.5. The first-order chi connectivity index (χ1) is 59.9. The van der Waals surface area contributed by atoms with Gasteiger partial charge in [0.05, 0.1) is 82.2 Å². The van der Waals surface area contributed by atoms with Gasteiger partial charge in [0, 0.05) is 114 Å². The summed E-state index contributed by atoms with van der Waals surface area (Å²) in [5, 5.41) is 27.6. The molecule has 0 aliphatic carbocycles. The SMILES string of the molecule is CC(C)CC(=O)N1Cc2[nH]nc(C(=O)N3CCC(c4ccccc4C(F)(F)F)CC3)c2C1.CC(C)CN1Cc2[nH]nc(C(=O)N3CCC(c4ccccc4C(F)(F)F)CC3)c2C1.CC(C)CS(=O)(=O)N1Cc2[nH]nc(C(=O)N3CCC(c4ccccc4C(F)(F)F)CC3)c2C1.CC(C)S(=O)(=O)N1Cc2[nH]nc(C(=O)N3CCC(c4ccccc4C(F)(F)F)CC3)c2C1. The number of carbonyl (C=O) groups is 5. The Morgan fingerprint density at radius 3 is 0.937 bits per heavy atom. The molecule has 688 valence electrons. The van der Waals surface area contributed by atoms with Crippen LogP contribution in [-0.2, 0) is 102 Å². The normalized spacial score (nSPS) is 18.0. The van der Waals surface area contributed by atoms with Crippen LogP contribution in [0.4, 0.5) is 52.7 Å². The lowest BCUT2D eigenvalue weighted by molar-refractivity contribution is -0.139. The summed E-state index contributed by atoms with van der Waals surface area (Å²) >= 11 is 0. The van der Waals surface area contributed by atoms with Gasteiger partial charge in [-0.15, -0.1) is 0 Å². The standard InChI is InChI=1S/C23H27F3N4O2.C22H27F3N4O3S.C22H27F3N4O.C21H25F3N4O3S/c1-14(2)11-20(31)30-12-17-19(13-30)27-28-21(17)22(32)29-9-7-15(8-10-29)16-5-3-4-6-18(16)23(24,25)26;1-14(2)13-33(31,32)29-11-17-19(12-29)26-27-20(17)21(30)28-9-7-15(8-10-28)16-5-3-4-6-18(16)22(23,24)25;1-14(2)11-28-12-17-19(13-28)26-27-20(17)21(30)29-9-7-15(8-10-29)16-5-3-4-6-18(16)22(23,24)25;1-13(2)32(30,31)28-11-16-18(12-28)25-26-19(16)20(29)27-9-7-14(8-10-27)15-5-3-4-6-17(15)21(22,23)24/h3-6,14-15H,7-13H2,1-2H3,(H,27,28);3-6,14-15H,7-13H2,1-2H3,(H,26,27);3-6,14-15H,7-13H2,1-2H3,(H,26,27);3-6,13-14H,7-12H2,1-2H3,(H,25,26). The summed E-state index contributed by atoms with van der Waals surface area (Å²) in [7, 11) is -6.92. The van der Waals surface area contributed by atoms with Gasteiger partial charge in [-0.3, -0.25) is 49.3 Å². The summed E-state index contributed by atoms with van der Waals surface area (Å²) in [6.07, 6.45) is -13.5. The number of likely N-dealkylation sites (tertiary alicyclic amines) is 4. The van der Waals surface area contributed by atoms with E-state index in [0.717, 1.165) is 59.9 Å². The van der Waals surface area contributed by atoms with Gasteiger partial charge in [0.1, 0.15) is 0 Å². The molecule has 0 bridgehead atoms. The largest absolute Gasteiger partial charge is 0.416 e. The van der Waals surface area contributed by atoms with Crippen molar-refractivity contribution in [2.45, 2.75) is 219 Å². The second kappa shape index (κ2) is 38.4. The van der Waals surface area contributed by atoms with Crippen LogP contribution in [0.5, 0.6) is 0 Å². The zero-order chi connectivity index (χ0) is 91.7. The third-order valence-corrected chi connectivity index (χ3v) is 29.1. The molecule has 4 fully saturated rings. The average Bonchev–Trinajstić information content (AvgIpc) is 1.63. The first-order valence-electron chi connectivity index (χ1n) is 42.9. The van der Waals surface area contributed by atoms with E-state index in [0.29, 0.717) is 181 Å². The number of carbonyl (C=O) groups excluding carboxylic acids is 5. The predicted molar refractivity (Wildman–Crippen MR) is 445 cm³/mol. The summed E-state index contributed by atoms with van der Waals surface area (Å²) in [6.45, 7) is 21.7. The van der Waals surface area contributed by atoms with Gasteiger partial charge in [0.25, 0.3) is 23.6 Å². The first kappa shape index (κ1) is 94.6. The molecular weight excluding hydrogens is 1720 g/mol. The minimum absolute atomic E-state index is 0.0167. The van der Waals surface area contributed by atoms with Crippen LogP contribution in [0.2, 0.25) is 0 Å². The van der Waals surface area contributed by atoms with E-state index in [1.807, 2.05) is 27.7 Å². The smallest absolute Gasteiger partial charge is 0.337 e. The molecule has 127 heavy (non-hydrogen) atoms. The van der Waals surface area contributed by atoms with E-state index < -0.39 is 72.3 Å². The van der Waals surface area contributed by atoms with Crippen molar-refractivity contribution in [3.63, 3.8) is 0 Å². The Morgan fingerprint density at radius 2 is 0.638 bits per heavy atom. The highest BCUT2D eigenvalue weighted by Crippen LogP contribution is 2.45. The number of aromatic amines is 4. The Morgan fingerprint density at radius 1 is 0.354 bits per heavy atom. The molecule has 0 spiro atoms. The number of nitrogens with zero attached hydrogens (tertiary/aromatic N) is 12. The van der Waals surface area contributed by atoms with Crippen LogP contribution in [0.1, 0.15) is 268 Å². The van der Waals surface area contributed by atoms with Crippen molar-refractivity contribution >= 4 is 49.6 Å². The monoisotopic (exact) mass is 1820 g/mol. The van der Waals surface area contributed by atoms with Crippen molar-refractivity contribution in [3.05, 3.63) is 209 Å². The van der Waals surface area contributed by atoms with Gasteiger partial charge < -0.3 is 24.5 Å². The van der Waals surface area contributed by atoms with E-state index in [9.17, 15) is 93.5 Å². The molecule has 16 rings (SSSR count). The number of piperidine rings is 4. The molecule has 25 nitrogen and oxygen atoms in total. The van der Waals surface area contributed by atoms with Gasteiger partial charge in [-0.1, -0.05) is 114 Å². The van der Waals surface area contributed by atoms with Gasteiger partial charge in [-0.05, 0) is 153 Å². The number of hydrogen-bond donors (Lipinski definition) is 4. The maximum Gasteiger partial charge on any atom is 0.416 e. The quantitative estimate of drug-likeness (QED) is 0.0617. The van der Waals surface area contributed by atoms with Crippen LogP contribution in [0, 0.1) is 17.8 Å². The number of amides is 5. The van der Waals surface area contributed by atoms with Crippen molar-refractivity contribution in [3.8, 4) is 0 Å².